The molecule has 9 heteroatoms. The standard InChI is InChI=1S/C16H23N5O4/c1-8(2)10-15(6-17)11(19)20-12(22)16(15,7-18)14(4,5)13(25-10)24-9(3)21-23/h8-10,13,21,23H,1-5H3,(H2,19,20,22)/t9-,10+,13+,15-,16+/m0/s1. The fraction of sp³-hybridized carbons (Fsp3) is 0.750. The average Bonchev–Trinajstić information content (AvgIpc) is 2.78. The summed E-state index contributed by atoms with van der Waals surface area (Å²) in [5.74, 6) is -1.24. The summed E-state index contributed by atoms with van der Waals surface area (Å²) in [5, 5.41) is 29.1. The zero-order valence-corrected chi connectivity index (χ0v) is 14.9. The van der Waals surface area contributed by atoms with E-state index in [1.54, 1.807) is 27.7 Å². The third-order valence-electron chi connectivity index (χ3n) is 5.25. The van der Waals surface area contributed by atoms with Crippen LogP contribution in [0.3, 0.4) is 0 Å². The molecule has 5 atom stereocenters. The number of nitrogens with one attached hydrogen (secondary N) is 1. The molecule has 0 spiro atoms. The van der Waals surface area contributed by atoms with Crippen LogP contribution in [0.15, 0.2) is 4.99 Å². The fourth-order valence-electron chi connectivity index (χ4n) is 3.93. The van der Waals surface area contributed by atoms with Crippen molar-refractivity contribution < 1.29 is 19.5 Å². The van der Waals surface area contributed by atoms with Crippen LogP contribution in [0.2, 0.25) is 0 Å². The highest BCUT2D eigenvalue weighted by Gasteiger charge is 2.79. The Bertz CT molecular complexity index is 692. The second-order valence-corrected chi connectivity index (χ2v) is 7.35. The van der Waals surface area contributed by atoms with Gasteiger partial charge in [-0.2, -0.15) is 21.0 Å². The number of rotatable bonds is 4. The third kappa shape index (κ3) is 2.14. The van der Waals surface area contributed by atoms with E-state index >= 15 is 0 Å². The van der Waals surface area contributed by atoms with E-state index in [4.69, 9.17) is 20.4 Å². The summed E-state index contributed by atoms with van der Waals surface area (Å²) in [6, 6.07) is 4.12. The van der Waals surface area contributed by atoms with Crippen molar-refractivity contribution in [1.29, 1.82) is 10.5 Å². The van der Waals surface area contributed by atoms with Gasteiger partial charge in [0, 0.05) is 5.41 Å². The van der Waals surface area contributed by atoms with Crippen LogP contribution >= 0.6 is 0 Å². The van der Waals surface area contributed by atoms with Crippen LogP contribution in [-0.4, -0.2) is 35.6 Å². The van der Waals surface area contributed by atoms with Crippen molar-refractivity contribution >= 4 is 11.7 Å². The third-order valence-corrected chi connectivity index (χ3v) is 5.25. The van der Waals surface area contributed by atoms with Gasteiger partial charge < -0.3 is 20.4 Å². The van der Waals surface area contributed by atoms with Crippen molar-refractivity contribution in [2.75, 3.05) is 0 Å². The number of hydrogen-bond acceptors (Lipinski definition) is 8. The van der Waals surface area contributed by atoms with Crippen molar-refractivity contribution in [2.24, 2.45) is 32.9 Å². The number of carbonyl (C=O) groups is 1. The molecule has 0 aliphatic carbocycles. The zero-order chi connectivity index (χ0) is 19.2. The van der Waals surface area contributed by atoms with Gasteiger partial charge in [0.1, 0.15) is 12.1 Å². The molecule has 1 saturated heterocycles. The minimum absolute atomic E-state index is 0.208. The van der Waals surface area contributed by atoms with Gasteiger partial charge in [-0.25, -0.2) is 0 Å². The first kappa shape index (κ1) is 19.3. The quantitative estimate of drug-likeness (QED) is 0.494. The maximum absolute atomic E-state index is 12.8. The highest BCUT2D eigenvalue weighted by molar-refractivity contribution is 6.12. The number of hydroxylamine groups is 1. The largest absolute Gasteiger partial charge is 0.386 e. The molecule has 0 bridgehead atoms. The number of amides is 1. The Kier molecular flexibility index (Phi) is 4.66. The van der Waals surface area contributed by atoms with E-state index in [-0.39, 0.29) is 11.8 Å². The monoisotopic (exact) mass is 349 g/mol. The fourth-order valence-corrected chi connectivity index (χ4v) is 3.93. The summed E-state index contributed by atoms with van der Waals surface area (Å²) in [7, 11) is 0. The summed E-state index contributed by atoms with van der Waals surface area (Å²) in [5.41, 5.74) is 3.08. The summed E-state index contributed by atoms with van der Waals surface area (Å²) < 4.78 is 11.7. The van der Waals surface area contributed by atoms with E-state index in [1.165, 1.54) is 6.92 Å². The van der Waals surface area contributed by atoms with Crippen LogP contribution in [0.1, 0.15) is 34.6 Å². The molecule has 0 unspecified atom stereocenters. The summed E-state index contributed by atoms with van der Waals surface area (Å²) in [6.07, 6.45) is -2.77. The summed E-state index contributed by atoms with van der Waals surface area (Å²) in [6.45, 7) is 8.33. The lowest BCUT2D eigenvalue weighted by Crippen LogP contribution is -2.70. The highest BCUT2D eigenvalue weighted by Crippen LogP contribution is 2.64. The minimum atomic E-state index is -1.87. The second kappa shape index (κ2) is 6.04. The van der Waals surface area contributed by atoms with Crippen LogP contribution in [0.25, 0.3) is 0 Å². The van der Waals surface area contributed by atoms with Crippen LogP contribution in [-0.2, 0) is 14.3 Å². The molecule has 0 saturated carbocycles. The van der Waals surface area contributed by atoms with Gasteiger partial charge >= 0.3 is 0 Å². The Labute approximate surface area is 146 Å². The van der Waals surface area contributed by atoms with Crippen molar-refractivity contribution in [2.45, 2.75) is 53.2 Å². The number of nitrogens with two attached hydrogens (primary N) is 1. The van der Waals surface area contributed by atoms with Gasteiger partial charge in [-0.15, -0.1) is 0 Å². The number of amidine groups is 1. The topological polar surface area (TPSA) is 154 Å². The van der Waals surface area contributed by atoms with Gasteiger partial charge in [0.2, 0.25) is 0 Å². The smallest absolute Gasteiger partial charge is 0.270 e. The number of aliphatic imine (C=N–C) groups is 1. The molecule has 0 radical (unpaired) electrons. The van der Waals surface area contributed by atoms with Gasteiger partial charge in [0.15, 0.2) is 17.1 Å². The number of hydrogen-bond donors (Lipinski definition) is 3. The van der Waals surface area contributed by atoms with Gasteiger partial charge in [0.25, 0.3) is 5.91 Å². The molecular weight excluding hydrogens is 326 g/mol. The molecule has 1 fully saturated rings. The Morgan fingerprint density at radius 3 is 2.40 bits per heavy atom. The lowest BCUT2D eigenvalue weighted by Gasteiger charge is -2.56. The van der Waals surface area contributed by atoms with Crippen molar-refractivity contribution in [3.05, 3.63) is 0 Å². The molecule has 1 amide bonds. The molecule has 2 rings (SSSR count). The molecule has 9 nitrogen and oxygen atoms in total. The normalized spacial score (nSPS) is 37.8. The molecule has 2 aliphatic heterocycles. The van der Waals surface area contributed by atoms with Crippen molar-refractivity contribution in [3.8, 4) is 12.1 Å². The first-order valence-corrected chi connectivity index (χ1v) is 7.99. The summed E-state index contributed by atoms with van der Waals surface area (Å²) in [4.78, 5) is 16.6. The molecule has 2 heterocycles. The molecule has 0 aromatic heterocycles. The Morgan fingerprint density at radius 1 is 1.36 bits per heavy atom. The second-order valence-electron chi connectivity index (χ2n) is 7.35. The summed E-state index contributed by atoms with van der Waals surface area (Å²) >= 11 is 0. The van der Waals surface area contributed by atoms with Crippen molar-refractivity contribution in [3.63, 3.8) is 0 Å². The number of nitriles is 2. The van der Waals surface area contributed by atoms with Gasteiger partial charge in [-0.05, 0) is 12.8 Å². The number of fused-ring (bicyclic) bond motifs is 1. The Morgan fingerprint density at radius 2 is 1.96 bits per heavy atom. The first-order chi connectivity index (χ1) is 11.6. The zero-order valence-electron chi connectivity index (χ0n) is 14.9. The molecule has 136 valence electrons. The van der Waals surface area contributed by atoms with E-state index < -0.39 is 40.8 Å². The molecule has 25 heavy (non-hydrogen) atoms. The first-order valence-electron chi connectivity index (χ1n) is 7.99. The lowest BCUT2D eigenvalue weighted by atomic mass is 9.48. The van der Waals surface area contributed by atoms with E-state index in [2.05, 4.69) is 11.1 Å². The maximum Gasteiger partial charge on any atom is 0.270 e. The highest BCUT2D eigenvalue weighted by atomic mass is 16.7. The van der Waals surface area contributed by atoms with Crippen LogP contribution in [0, 0.1) is 44.8 Å². The van der Waals surface area contributed by atoms with Crippen LogP contribution in [0.5, 0.6) is 0 Å². The predicted octanol–water partition coefficient (Wildman–Crippen LogP) is 0.652. The van der Waals surface area contributed by atoms with Gasteiger partial charge in [0.05, 0.1) is 18.2 Å². The molecule has 0 aromatic rings. The van der Waals surface area contributed by atoms with Crippen LogP contribution < -0.4 is 11.2 Å². The number of nitrogens with zero attached hydrogens (tertiary/aromatic N) is 3. The van der Waals surface area contributed by atoms with E-state index in [1.807, 2.05) is 11.5 Å². The molecule has 2 aliphatic rings. The van der Waals surface area contributed by atoms with E-state index in [0.717, 1.165) is 0 Å². The van der Waals surface area contributed by atoms with Crippen LogP contribution in [0.4, 0.5) is 0 Å². The predicted molar refractivity (Wildman–Crippen MR) is 85.5 cm³/mol. The molecule has 0 aromatic carbocycles. The Hall–Kier alpha value is -2.04. The molecular formula is C16H23N5O4. The maximum atomic E-state index is 12.8. The lowest BCUT2D eigenvalue weighted by molar-refractivity contribution is -0.321. The SMILES string of the molecule is CC(C)[C@H]1O[C@@H](O[C@@H](C)NO)C(C)(C)[C@@]2(C#N)C(=O)N=C(N)[C@]12C#N. The average molecular weight is 349 g/mol. The van der Waals surface area contributed by atoms with Crippen molar-refractivity contribution in [1.82, 2.24) is 5.48 Å². The van der Waals surface area contributed by atoms with E-state index in [0.29, 0.717) is 0 Å². The number of carbonyl (C=O) groups excluding carboxylic acids is 1. The number of ether oxygens (including phenoxy) is 2. The van der Waals surface area contributed by atoms with E-state index in [9.17, 15) is 15.3 Å². The van der Waals surface area contributed by atoms with Gasteiger partial charge in [-0.1, -0.05) is 27.7 Å². The Balaban J connectivity index is 2.75. The minimum Gasteiger partial charge on any atom is -0.386 e. The van der Waals surface area contributed by atoms with Gasteiger partial charge in [-0.3, -0.25) is 4.79 Å². The molecule has 4 N–H and O–H groups in total.